The molecule has 0 bridgehead atoms. The maximum Gasteiger partial charge on any atom is 0.161 e. The van der Waals surface area contributed by atoms with Crippen LogP contribution >= 0.6 is 0 Å². The van der Waals surface area contributed by atoms with Gasteiger partial charge in [-0.15, -0.1) is 0 Å². The molecule has 0 aliphatic heterocycles. The van der Waals surface area contributed by atoms with Crippen molar-refractivity contribution in [2.45, 2.75) is 40.8 Å². The number of hydrogen-bond donors (Lipinski definition) is 1. The highest BCUT2D eigenvalue weighted by Crippen LogP contribution is 2.29. The molecule has 148 valence electrons. The van der Waals surface area contributed by atoms with Crippen LogP contribution in [-0.2, 0) is 13.2 Å². The van der Waals surface area contributed by atoms with Gasteiger partial charge < -0.3 is 19.7 Å². The molecule has 0 aliphatic carbocycles. The van der Waals surface area contributed by atoms with E-state index in [9.17, 15) is 0 Å². The van der Waals surface area contributed by atoms with E-state index in [4.69, 9.17) is 9.47 Å². The predicted molar refractivity (Wildman–Crippen MR) is 113 cm³/mol. The van der Waals surface area contributed by atoms with Gasteiger partial charge in [0.2, 0.25) is 0 Å². The van der Waals surface area contributed by atoms with Crippen LogP contribution in [0.2, 0.25) is 0 Å². The van der Waals surface area contributed by atoms with Crippen LogP contribution in [0.1, 0.15) is 37.5 Å². The third-order valence-electron chi connectivity index (χ3n) is 4.65. The fourth-order valence-corrected chi connectivity index (χ4v) is 2.91. The Bertz CT molecular complexity index is 667. The lowest BCUT2D eigenvalue weighted by molar-refractivity contribution is 0.269. The van der Waals surface area contributed by atoms with Crippen molar-refractivity contribution in [3.8, 4) is 11.5 Å². The molecule has 0 radical (unpaired) electrons. The van der Waals surface area contributed by atoms with Gasteiger partial charge in [-0.2, -0.15) is 0 Å². The van der Waals surface area contributed by atoms with Crippen LogP contribution in [0.4, 0.5) is 0 Å². The number of hydrogen-bond acceptors (Lipinski definition) is 4. The first-order chi connectivity index (χ1) is 13.2. The Hall–Kier alpha value is -2.04. The molecule has 2 aromatic rings. The van der Waals surface area contributed by atoms with Crippen molar-refractivity contribution in [2.24, 2.45) is 0 Å². The standard InChI is InChI=1S/C23H34N2O2/c1-5-25(6-2)15-14-24-17-21-12-13-22(23(16-21)26-7-3)27-18-20-10-8-19(4)9-11-20/h8-13,16,24H,5-7,14-15,17-18H2,1-4H3. The van der Waals surface area contributed by atoms with Gasteiger partial charge in [-0.1, -0.05) is 49.7 Å². The molecule has 4 nitrogen and oxygen atoms in total. The number of nitrogens with one attached hydrogen (secondary N) is 1. The zero-order valence-corrected chi connectivity index (χ0v) is 17.3. The van der Waals surface area contributed by atoms with Crippen LogP contribution in [0.25, 0.3) is 0 Å². The molecule has 2 aromatic carbocycles. The molecule has 0 unspecified atom stereocenters. The lowest BCUT2D eigenvalue weighted by Crippen LogP contribution is -2.31. The van der Waals surface area contributed by atoms with Gasteiger partial charge in [0, 0.05) is 19.6 Å². The molecule has 0 fully saturated rings. The van der Waals surface area contributed by atoms with Crippen molar-refractivity contribution in [1.82, 2.24) is 10.2 Å². The summed E-state index contributed by atoms with van der Waals surface area (Å²) in [4.78, 5) is 2.42. The summed E-state index contributed by atoms with van der Waals surface area (Å²) >= 11 is 0. The lowest BCUT2D eigenvalue weighted by Gasteiger charge is -2.18. The maximum atomic E-state index is 6.00. The monoisotopic (exact) mass is 370 g/mol. The van der Waals surface area contributed by atoms with E-state index in [-0.39, 0.29) is 0 Å². The quantitative estimate of drug-likeness (QED) is 0.561. The minimum atomic E-state index is 0.543. The Kier molecular flexibility index (Phi) is 9.16. The Morgan fingerprint density at radius 2 is 1.56 bits per heavy atom. The average Bonchev–Trinajstić information content (AvgIpc) is 2.69. The molecule has 2 rings (SSSR count). The van der Waals surface area contributed by atoms with E-state index in [1.807, 2.05) is 13.0 Å². The minimum absolute atomic E-state index is 0.543. The lowest BCUT2D eigenvalue weighted by atomic mass is 10.1. The third-order valence-corrected chi connectivity index (χ3v) is 4.65. The van der Waals surface area contributed by atoms with E-state index >= 15 is 0 Å². The van der Waals surface area contributed by atoms with Crippen molar-refractivity contribution in [1.29, 1.82) is 0 Å². The fraction of sp³-hybridized carbons (Fsp3) is 0.478. The molecule has 0 atom stereocenters. The summed E-state index contributed by atoms with van der Waals surface area (Å²) in [6, 6.07) is 14.6. The molecule has 0 saturated heterocycles. The minimum Gasteiger partial charge on any atom is -0.490 e. The second-order valence-corrected chi connectivity index (χ2v) is 6.69. The van der Waals surface area contributed by atoms with E-state index in [0.29, 0.717) is 13.2 Å². The first-order valence-corrected chi connectivity index (χ1v) is 10.0. The van der Waals surface area contributed by atoms with Gasteiger partial charge >= 0.3 is 0 Å². The van der Waals surface area contributed by atoms with E-state index < -0.39 is 0 Å². The number of aryl methyl sites for hydroxylation is 1. The van der Waals surface area contributed by atoms with Gasteiger partial charge in [0.05, 0.1) is 6.61 Å². The van der Waals surface area contributed by atoms with Crippen LogP contribution in [0, 0.1) is 6.92 Å². The first-order valence-electron chi connectivity index (χ1n) is 10.0. The van der Waals surface area contributed by atoms with Crippen molar-refractivity contribution in [3.05, 3.63) is 59.2 Å². The summed E-state index contributed by atoms with van der Waals surface area (Å²) in [6.45, 7) is 14.7. The second-order valence-electron chi connectivity index (χ2n) is 6.69. The van der Waals surface area contributed by atoms with Gasteiger partial charge in [0.1, 0.15) is 6.61 Å². The molecule has 0 heterocycles. The topological polar surface area (TPSA) is 33.7 Å². The fourth-order valence-electron chi connectivity index (χ4n) is 2.91. The molecule has 1 N–H and O–H groups in total. The van der Waals surface area contributed by atoms with Gasteiger partial charge in [0.15, 0.2) is 11.5 Å². The van der Waals surface area contributed by atoms with E-state index in [2.05, 4.69) is 67.4 Å². The molecule has 0 amide bonds. The summed E-state index contributed by atoms with van der Waals surface area (Å²) in [5.41, 5.74) is 3.62. The Morgan fingerprint density at radius 3 is 2.22 bits per heavy atom. The maximum absolute atomic E-state index is 6.00. The average molecular weight is 371 g/mol. The normalized spacial score (nSPS) is 11.0. The molecule has 0 spiro atoms. The summed E-state index contributed by atoms with van der Waals surface area (Å²) < 4.78 is 11.8. The zero-order chi connectivity index (χ0) is 19.5. The molecule has 0 saturated carbocycles. The third kappa shape index (κ3) is 7.24. The van der Waals surface area contributed by atoms with Crippen LogP contribution in [0.15, 0.2) is 42.5 Å². The molecule has 0 aliphatic rings. The SMILES string of the molecule is CCOc1cc(CNCCN(CC)CC)ccc1OCc1ccc(C)cc1. The van der Waals surface area contributed by atoms with E-state index in [1.165, 1.54) is 11.1 Å². The first kappa shape index (κ1) is 21.3. The highest BCUT2D eigenvalue weighted by atomic mass is 16.5. The molecule has 27 heavy (non-hydrogen) atoms. The van der Waals surface area contributed by atoms with Crippen molar-refractivity contribution in [2.75, 3.05) is 32.8 Å². The summed E-state index contributed by atoms with van der Waals surface area (Å²) in [5, 5.41) is 3.51. The Morgan fingerprint density at radius 1 is 0.852 bits per heavy atom. The number of ether oxygens (including phenoxy) is 2. The van der Waals surface area contributed by atoms with Crippen LogP contribution in [0.5, 0.6) is 11.5 Å². The van der Waals surface area contributed by atoms with E-state index in [1.54, 1.807) is 0 Å². The zero-order valence-electron chi connectivity index (χ0n) is 17.3. The van der Waals surface area contributed by atoms with Crippen molar-refractivity contribution in [3.63, 3.8) is 0 Å². The molecular formula is C23H34N2O2. The molecular weight excluding hydrogens is 336 g/mol. The van der Waals surface area contributed by atoms with E-state index in [0.717, 1.165) is 49.8 Å². The van der Waals surface area contributed by atoms with Crippen LogP contribution in [-0.4, -0.2) is 37.7 Å². The number of nitrogens with zero attached hydrogens (tertiary/aromatic N) is 1. The largest absolute Gasteiger partial charge is 0.490 e. The Balaban J connectivity index is 1.91. The van der Waals surface area contributed by atoms with Crippen molar-refractivity contribution < 1.29 is 9.47 Å². The summed E-state index contributed by atoms with van der Waals surface area (Å²) in [6.07, 6.45) is 0. The summed E-state index contributed by atoms with van der Waals surface area (Å²) in [7, 11) is 0. The van der Waals surface area contributed by atoms with Gasteiger partial charge in [0.25, 0.3) is 0 Å². The van der Waals surface area contributed by atoms with Crippen LogP contribution in [0.3, 0.4) is 0 Å². The van der Waals surface area contributed by atoms with Crippen molar-refractivity contribution >= 4 is 0 Å². The number of likely N-dealkylation sites (N-methyl/N-ethyl adjacent to an activating group) is 1. The van der Waals surface area contributed by atoms with Crippen LogP contribution < -0.4 is 14.8 Å². The predicted octanol–water partition coefficient (Wildman–Crippen LogP) is 4.40. The van der Waals surface area contributed by atoms with Gasteiger partial charge in [-0.05, 0) is 50.2 Å². The highest BCUT2D eigenvalue weighted by Gasteiger charge is 2.07. The Labute approximate surface area is 164 Å². The second kappa shape index (κ2) is 11.6. The smallest absolute Gasteiger partial charge is 0.161 e. The van der Waals surface area contributed by atoms with Gasteiger partial charge in [-0.3, -0.25) is 0 Å². The number of rotatable bonds is 12. The highest BCUT2D eigenvalue weighted by molar-refractivity contribution is 5.43. The van der Waals surface area contributed by atoms with Gasteiger partial charge in [-0.25, -0.2) is 0 Å². The molecule has 4 heteroatoms. The molecule has 0 aromatic heterocycles. The number of benzene rings is 2. The summed E-state index contributed by atoms with van der Waals surface area (Å²) in [5.74, 6) is 1.61.